The van der Waals surface area contributed by atoms with Crippen molar-refractivity contribution < 1.29 is 30.0 Å². The van der Waals surface area contributed by atoms with Gasteiger partial charge in [0.15, 0.2) is 0 Å². The Morgan fingerprint density at radius 2 is 0.896 bits per heavy atom. The standard InChI is InChI=1S/C38H38N4O6/c1-37(2,23-9-13-31(43)27(39)17-23)25-11-15-33(45)29(19-25)41-35(47)21-5-7-22(8-6-21)36(48)42-30-20-26(12-16-34(30)46)38(3,4)24-10-14-32(44)28(40)18-24/h5-20,43-46H,39-40H2,1-4H3,(H,41,47)(H,42,48)/i/hD2. The van der Waals surface area contributed by atoms with E-state index in [1.165, 1.54) is 36.4 Å². The molecule has 0 fully saturated rings. The van der Waals surface area contributed by atoms with Gasteiger partial charge in [0.25, 0.3) is 14.7 Å². The van der Waals surface area contributed by atoms with Crippen LogP contribution in [0.5, 0.6) is 23.0 Å². The summed E-state index contributed by atoms with van der Waals surface area (Å²) >= 11 is 0. The van der Waals surface area contributed by atoms with E-state index >= 15 is 0 Å². The van der Waals surface area contributed by atoms with Gasteiger partial charge in [0.05, 0.1) is 22.7 Å². The van der Waals surface area contributed by atoms with Crippen LogP contribution in [-0.4, -0.2) is 35.1 Å². The monoisotopic (exact) mass is 648 g/mol. The summed E-state index contributed by atoms with van der Waals surface area (Å²) in [5.41, 5.74) is 15.6. The SMILES string of the molecule is [2H]Oc1ccc(C(C)(C)c2ccc(O)c(NC(=O)c3ccc(C(=O)Nc4cc(C(C)(C)c5ccc(O)c(N)c5)ccc4O[2H])cc3)c2)cc1N. The Kier molecular flexibility index (Phi) is 7.98. The van der Waals surface area contributed by atoms with Gasteiger partial charge in [0.1, 0.15) is 23.0 Å². The summed E-state index contributed by atoms with van der Waals surface area (Å²) in [4.78, 5) is 26.5. The lowest BCUT2D eigenvalue weighted by molar-refractivity contribution is 0.101. The molecule has 0 bridgehead atoms. The van der Waals surface area contributed by atoms with Crippen LogP contribution in [0.25, 0.3) is 0 Å². The first-order valence-electron chi connectivity index (χ1n) is 15.9. The predicted molar refractivity (Wildman–Crippen MR) is 188 cm³/mol. The van der Waals surface area contributed by atoms with Gasteiger partial charge in [-0.2, -0.15) is 0 Å². The normalized spacial score (nSPS) is 12.0. The molecule has 10 N–H and O–H groups in total. The van der Waals surface area contributed by atoms with Crippen molar-refractivity contribution in [3.05, 3.63) is 130 Å². The number of amides is 2. The van der Waals surface area contributed by atoms with Gasteiger partial charge in [-0.3, -0.25) is 9.59 Å². The summed E-state index contributed by atoms with van der Waals surface area (Å²) in [6.07, 6.45) is 0. The molecular weight excluding hydrogens is 608 g/mol. The third-order valence-electron chi connectivity index (χ3n) is 8.81. The van der Waals surface area contributed by atoms with Crippen LogP contribution in [0.1, 0.15) is 70.7 Å². The molecule has 0 aliphatic carbocycles. The Morgan fingerprint density at radius 3 is 1.31 bits per heavy atom. The number of nitrogen functional groups attached to an aromatic ring is 2. The molecule has 246 valence electrons. The van der Waals surface area contributed by atoms with Gasteiger partial charge in [-0.05, 0) is 95.1 Å². The lowest BCUT2D eigenvalue weighted by Gasteiger charge is -2.27. The second kappa shape index (κ2) is 12.6. The number of nitrogens with one attached hydrogen (secondary N) is 2. The minimum Gasteiger partial charge on any atom is -0.506 e. The summed E-state index contributed by atoms with van der Waals surface area (Å²) in [5, 5.41) is 35.3. The van der Waals surface area contributed by atoms with Crippen molar-refractivity contribution in [1.29, 1.82) is 2.86 Å². The van der Waals surface area contributed by atoms with Gasteiger partial charge in [-0.25, -0.2) is 0 Å². The van der Waals surface area contributed by atoms with E-state index in [2.05, 4.69) is 15.7 Å². The number of carbonyl (C=O) groups is 2. The van der Waals surface area contributed by atoms with E-state index in [4.69, 9.17) is 19.4 Å². The number of carbonyl (C=O) groups excluding carboxylic acids is 2. The summed E-state index contributed by atoms with van der Waals surface area (Å²) < 4.78 is 14.6. The van der Waals surface area contributed by atoms with Crippen molar-refractivity contribution in [1.82, 2.24) is 0 Å². The van der Waals surface area contributed by atoms with E-state index in [9.17, 15) is 19.8 Å². The van der Waals surface area contributed by atoms with Crippen molar-refractivity contribution in [3.63, 3.8) is 0 Å². The average molecular weight is 649 g/mol. The molecule has 0 aliphatic heterocycles. The number of rotatable bonds is 10. The first-order valence-corrected chi connectivity index (χ1v) is 15.1. The van der Waals surface area contributed by atoms with Crippen LogP contribution in [0.2, 0.25) is 0 Å². The van der Waals surface area contributed by atoms with E-state index in [1.54, 1.807) is 60.7 Å². The highest BCUT2D eigenvalue weighted by Crippen LogP contribution is 2.39. The van der Waals surface area contributed by atoms with E-state index < -0.39 is 22.6 Å². The molecular formula is C38H38N4O6. The number of hydrogen-bond donors (Lipinski definition) is 8. The zero-order chi connectivity index (χ0) is 36.4. The highest BCUT2D eigenvalue weighted by atomic mass is 16.3. The molecule has 10 nitrogen and oxygen atoms in total. The minimum atomic E-state index is -0.587. The maximum atomic E-state index is 13.3. The van der Waals surface area contributed by atoms with Crippen LogP contribution in [0.3, 0.4) is 0 Å². The average Bonchev–Trinajstić information content (AvgIpc) is 3.10. The molecule has 0 aliphatic rings. The Bertz CT molecular complexity index is 2080. The molecule has 2 amide bonds. The molecule has 0 saturated carbocycles. The number of benzene rings is 5. The predicted octanol–water partition coefficient (Wildman–Crippen LogP) is 6.83. The lowest BCUT2D eigenvalue weighted by Crippen LogP contribution is -2.20. The third-order valence-corrected chi connectivity index (χ3v) is 8.81. The number of anilines is 4. The Hall–Kier alpha value is -6.16. The van der Waals surface area contributed by atoms with Crippen molar-refractivity contribution >= 4 is 34.6 Å². The largest absolute Gasteiger partial charge is 0.506 e. The highest BCUT2D eigenvalue weighted by molar-refractivity contribution is 6.08. The molecule has 0 spiro atoms. The van der Waals surface area contributed by atoms with Crippen molar-refractivity contribution in [3.8, 4) is 23.0 Å². The Labute approximate surface area is 281 Å². The van der Waals surface area contributed by atoms with Gasteiger partial charge in [-0.1, -0.05) is 52.0 Å². The Morgan fingerprint density at radius 1 is 0.542 bits per heavy atom. The van der Waals surface area contributed by atoms with Crippen LogP contribution in [0, 0.1) is 0 Å². The van der Waals surface area contributed by atoms with Gasteiger partial charge < -0.3 is 42.5 Å². The number of nitrogens with two attached hydrogens (primary N) is 2. The van der Waals surface area contributed by atoms with Crippen molar-refractivity contribution in [2.75, 3.05) is 22.1 Å². The Balaban J connectivity index is 1.32. The summed E-state index contributed by atoms with van der Waals surface area (Å²) in [7, 11) is 0. The highest BCUT2D eigenvalue weighted by Gasteiger charge is 2.27. The zero-order valence-corrected chi connectivity index (χ0v) is 26.9. The zero-order valence-electron chi connectivity index (χ0n) is 28.9. The van der Waals surface area contributed by atoms with Gasteiger partial charge in [0.2, 0.25) is 0 Å². The van der Waals surface area contributed by atoms with E-state index in [0.717, 1.165) is 22.3 Å². The summed E-state index contributed by atoms with van der Waals surface area (Å²) in [6.45, 7) is 7.86. The van der Waals surface area contributed by atoms with Crippen LogP contribution in [0.15, 0.2) is 97.1 Å². The number of aromatic hydroxyl groups is 4. The van der Waals surface area contributed by atoms with Gasteiger partial charge in [0, 0.05) is 22.0 Å². The van der Waals surface area contributed by atoms with Crippen LogP contribution < -0.4 is 22.1 Å². The molecule has 0 aromatic heterocycles. The van der Waals surface area contributed by atoms with Crippen molar-refractivity contribution in [2.45, 2.75) is 38.5 Å². The molecule has 0 heterocycles. The maximum Gasteiger partial charge on any atom is 0.293 e. The summed E-state index contributed by atoms with van der Waals surface area (Å²) in [5.74, 6) is -0.764. The lowest BCUT2D eigenvalue weighted by atomic mass is 9.77. The van der Waals surface area contributed by atoms with E-state index in [1.807, 2.05) is 27.7 Å². The molecule has 0 unspecified atom stereocenters. The van der Waals surface area contributed by atoms with Crippen LogP contribution in [0.4, 0.5) is 22.7 Å². The smallest absolute Gasteiger partial charge is 0.293 e. The van der Waals surface area contributed by atoms with Gasteiger partial charge >= 0.3 is 0 Å². The summed E-state index contributed by atoms with van der Waals surface area (Å²) in [6, 6.07) is 26.1. The molecule has 0 atom stereocenters. The van der Waals surface area contributed by atoms with Crippen LogP contribution >= 0.6 is 0 Å². The maximum absolute atomic E-state index is 13.3. The van der Waals surface area contributed by atoms with Crippen LogP contribution in [-0.2, 0) is 10.8 Å². The number of hydrogen-bond acceptors (Lipinski definition) is 8. The molecule has 0 radical (unpaired) electrons. The fourth-order valence-corrected chi connectivity index (χ4v) is 5.42. The second-order valence-corrected chi connectivity index (χ2v) is 12.7. The van der Waals surface area contributed by atoms with Gasteiger partial charge in [-0.15, -0.1) is 0 Å². The molecule has 48 heavy (non-hydrogen) atoms. The second-order valence-electron chi connectivity index (χ2n) is 12.7. The van der Waals surface area contributed by atoms with E-state index in [-0.39, 0.29) is 51.2 Å². The van der Waals surface area contributed by atoms with E-state index in [0.29, 0.717) is 5.69 Å². The third kappa shape index (κ3) is 6.54. The molecule has 0 saturated heterocycles. The quantitative estimate of drug-likeness (QED) is 0.0597. The molecule has 10 heteroatoms. The molecule has 5 aromatic carbocycles. The first-order chi connectivity index (χ1) is 23.6. The number of phenols is 4. The number of phenolic OH excluding ortho intramolecular Hbond substituents is 4. The molecule has 5 aromatic rings. The topological polar surface area (TPSA) is 191 Å². The first kappa shape index (κ1) is 30.5. The molecule has 5 rings (SSSR count). The fourth-order valence-electron chi connectivity index (χ4n) is 5.42. The van der Waals surface area contributed by atoms with Crippen molar-refractivity contribution in [2.24, 2.45) is 0 Å². The fraction of sp³-hybridized carbons (Fsp3) is 0.158. The minimum absolute atomic E-state index is 0.0161.